The Hall–Kier alpha value is -1.26. The molecule has 1 aromatic carbocycles. The Morgan fingerprint density at radius 1 is 1.52 bits per heavy atom. The average Bonchev–Trinajstić information content (AvgIpc) is 2.46. The van der Waals surface area contributed by atoms with Crippen molar-refractivity contribution in [2.75, 3.05) is 19.0 Å². The molecule has 1 N–H and O–H groups in total. The average molecular weight is 312 g/mol. The molecule has 1 aromatic rings. The Balaban J connectivity index is 2.27. The van der Waals surface area contributed by atoms with Gasteiger partial charge in [-0.3, -0.25) is 0 Å². The quantitative estimate of drug-likeness (QED) is 0.865. The van der Waals surface area contributed by atoms with Gasteiger partial charge in [-0.2, -0.15) is 0 Å². The van der Waals surface area contributed by atoms with Crippen LogP contribution in [0.2, 0.25) is 5.02 Å². The summed E-state index contributed by atoms with van der Waals surface area (Å²) in [4.78, 5) is 12.4. The van der Waals surface area contributed by atoms with Crippen LogP contribution in [0.5, 0.6) is 0 Å². The summed E-state index contributed by atoms with van der Waals surface area (Å²) in [6.45, 7) is 4.72. The molecule has 4 nitrogen and oxygen atoms in total. The van der Waals surface area contributed by atoms with Gasteiger partial charge in [0, 0.05) is 30.2 Å². The molecule has 21 heavy (non-hydrogen) atoms. The van der Waals surface area contributed by atoms with Gasteiger partial charge in [0.2, 0.25) is 0 Å². The van der Waals surface area contributed by atoms with E-state index in [0.29, 0.717) is 30.4 Å². The molecule has 0 saturated carbocycles. The Labute approximate surface area is 130 Å². The molecule has 1 heterocycles. The number of rotatable bonds is 4. The van der Waals surface area contributed by atoms with Crippen molar-refractivity contribution in [3.8, 4) is 0 Å². The van der Waals surface area contributed by atoms with E-state index in [4.69, 9.17) is 21.1 Å². The molecule has 0 amide bonds. The van der Waals surface area contributed by atoms with Crippen molar-refractivity contribution >= 4 is 23.3 Å². The lowest BCUT2D eigenvalue weighted by Crippen LogP contribution is -2.54. The number of methoxy groups -OCH3 is 1. The van der Waals surface area contributed by atoms with Crippen LogP contribution in [0.3, 0.4) is 0 Å². The van der Waals surface area contributed by atoms with Crippen LogP contribution in [-0.4, -0.2) is 31.3 Å². The van der Waals surface area contributed by atoms with E-state index < -0.39 is 5.54 Å². The Morgan fingerprint density at radius 2 is 2.29 bits per heavy atom. The lowest BCUT2D eigenvalue weighted by molar-refractivity contribution is -0.152. The normalized spacial score (nSPS) is 25.7. The van der Waals surface area contributed by atoms with E-state index in [-0.39, 0.29) is 12.1 Å². The number of carbonyl (C=O) groups is 1. The fourth-order valence-electron chi connectivity index (χ4n) is 2.70. The van der Waals surface area contributed by atoms with Gasteiger partial charge in [0.25, 0.3) is 0 Å². The van der Waals surface area contributed by atoms with Crippen LogP contribution in [0.15, 0.2) is 24.3 Å². The highest BCUT2D eigenvalue weighted by Crippen LogP contribution is 2.33. The minimum Gasteiger partial charge on any atom is -0.467 e. The molecule has 2 rings (SSSR count). The highest BCUT2D eigenvalue weighted by Gasteiger charge is 2.45. The van der Waals surface area contributed by atoms with Crippen LogP contribution in [-0.2, 0) is 14.3 Å². The van der Waals surface area contributed by atoms with E-state index in [1.807, 2.05) is 18.2 Å². The molecular formula is C16H22ClNO3. The van der Waals surface area contributed by atoms with Crippen LogP contribution in [0.4, 0.5) is 5.69 Å². The monoisotopic (exact) mass is 311 g/mol. The van der Waals surface area contributed by atoms with Gasteiger partial charge in [-0.15, -0.1) is 0 Å². The molecule has 0 radical (unpaired) electrons. The van der Waals surface area contributed by atoms with Crippen molar-refractivity contribution in [1.82, 2.24) is 0 Å². The second-order valence-electron chi connectivity index (χ2n) is 5.82. The van der Waals surface area contributed by atoms with E-state index in [1.54, 1.807) is 6.07 Å². The van der Waals surface area contributed by atoms with Crippen molar-refractivity contribution in [2.45, 2.75) is 38.3 Å². The predicted octanol–water partition coefficient (Wildman–Crippen LogP) is 3.50. The zero-order chi connectivity index (χ0) is 15.5. The van der Waals surface area contributed by atoms with Crippen molar-refractivity contribution in [1.29, 1.82) is 0 Å². The first-order chi connectivity index (χ1) is 9.97. The molecule has 5 heteroatoms. The third-order valence-electron chi connectivity index (χ3n) is 3.94. The first kappa shape index (κ1) is 16.1. The summed E-state index contributed by atoms with van der Waals surface area (Å²) in [6.07, 6.45) is 1.20. The van der Waals surface area contributed by atoms with Gasteiger partial charge in [0.15, 0.2) is 0 Å². The van der Waals surface area contributed by atoms with E-state index >= 15 is 0 Å². The zero-order valence-electron chi connectivity index (χ0n) is 12.7. The summed E-state index contributed by atoms with van der Waals surface area (Å²) in [7, 11) is 1.42. The Bertz CT molecular complexity index is 506. The van der Waals surface area contributed by atoms with E-state index in [0.717, 1.165) is 5.69 Å². The van der Waals surface area contributed by atoms with Crippen LogP contribution in [0.25, 0.3) is 0 Å². The zero-order valence-corrected chi connectivity index (χ0v) is 13.4. The summed E-state index contributed by atoms with van der Waals surface area (Å²) in [5, 5.41) is 3.96. The maximum atomic E-state index is 12.4. The first-order valence-electron chi connectivity index (χ1n) is 7.20. The number of ether oxygens (including phenoxy) is 2. The molecule has 0 bridgehead atoms. The number of anilines is 1. The molecule has 0 spiro atoms. The van der Waals surface area contributed by atoms with Gasteiger partial charge in [0.05, 0.1) is 13.2 Å². The molecule has 0 aliphatic carbocycles. The van der Waals surface area contributed by atoms with Crippen molar-refractivity contribution in [3.05, 3.63) is 29.3 Å². The van der Waals surface area contributed by atoms with Crippen LogP contribution >= 0.6 is 11.6 Å². The molecule has 1 saturated heterocycles. The number of halogens is 1. The van der Waals surface area contributed by atoms with Crippen LogP contribution < -0.4 is 5.32 Å². The summed E-state index contributed by atoms with van der Waals surface area (Å²) >= 11 is 6.02. The fourth-order valence-corrected chi connectivity index (χ4v) is 2.90. The largest absolute Gasteiger partial charge is 0.467 e. The SMILES string of the molecule is COC(=O)C1(Nc2cccc(Cl)c2)CCOC(C(C)C)C1. The van der Waals surface area contributed by atoms with Gasteiger partial charge in [-0.25, -0.2) is 4.79 Å². The molecule has 1 aliphatic rings. The van der Waals surface area contributed by atoms with Gasteiger partial charge in [-0.1, -0.05) is 31.5 Å². The van der Waals surface area contributed by atoms with E-state index in [2.05, 4.69) is 19.2 Å². The summed E-state index contributed by atoms with van der Waals surface area (Å²) in [5.41, 5.74) is 0.0596. The van der Waals surface area contributed by atoms with Gasteiger partial charge in [-0.05, 0) is 24.1 Å². The molecule has 2 unspecified atom stereocenters. The summed E-state index contributed by atoms with van der Waals surface area (Å²) in [6, 6.07) is 7.37. The van der Waals surface area contributed by atoms with E-state index in [1.165, 1.54) is 7.11 Å². The maximum Gasteiger partial charge on any atom is 0.331 e. The first-order valence-corrected chi connectivity index (χ1v) is 7.58. The second kappa shape index (κ2) is 6.67. The number of esters is 1. The van der Waals surface area contributed by atoms with Gasteiger partial charge in [0.1, 0.15) is 5.54 Å². The predicted molar refractivity (Wildman–Crippen MR) is 83.6 cm³/mol. The topological polar surface area (TPSA) is 47.6 Å². The minimum absolute atomic E-state index is 0.0320. The third kappa shape index (κ3) is 3.69. The smallest absolute Gasteiger partial charge is 0.331 e. The lowest BCUT2D eigenvalue weighted by atomic mass is 9.83. The number of benzene rings is 1. The standard InChI is InChI=1S/C16H22ClNO3/c1-11(2)14-10-16(7-8-21-14,15(19)20-3)18-13-6-4-5-12(17)9-13/h4-6,9,11,14,18H,7-8,10H2,1-3H3. The summed E-state index contributed by atoms with van der Waals surface area (Å²) in [5.74, 6) is 0.0897. The number of carbonyl (C=O) groups excluding carboxylic acids is 1. The van der Waals surface area contributed by atoms with Gasteiger partial charge < -0.3 is 14.8 Å². The molecule has 116 valence electrons. The van der Waals surface area contributed by atoms with Crippen molar-refractivity contribution in [3.63, 3.8) is 0 Å². The maximum absolute atomic E-state index is 12.4. The van der Waals surface area contributed by atoms with Crippen LogP contribution in [0, 0.1) is 5.92 Å². The number of hydrogen-bond donors (Lipinski definition) is 1. The molecule has 1 aliphatic heterocycles. The number of nitrogens with one attached hydrogen (secondary N) is 1. The Kier molecular flexibility index (Phi) is 5.12. The van der Waals surface area contributed by atoms with Crippen LogP contribution in [0.1, 0.15) is 26.7 Å². The van der Waals surface area contributed by atoms with E-state index in [9.17, 15) is 4.79 Å². The van der Waals surface area contributed by atoms with Crippen molar-refractivity contribution in [2.24, 2.45) is 5.92 Å². The van der Waals surface area contributed by atoms with Gasteiger partial charge >= 0.3 is 5.97 Å². The molecular weight excluding hydrogens is 290 g/mol. The molecule has 0 aromatic heterocycles. The highest BCUT2D eigenvalue weighted by molar-refractivity contribution is 6.30. The molecule has 2 atom stereocenters. The fraction of sp³-hybridized carbons (Fsp3) is 0.562. The van der Waals surface area contributed by atoms with Crippen molar-refractivity contribution < 1.29 is 14.3 Å². The Morgan fingerprint density at radius 3 is 2.90 bits per heavy atom. The second-order valence-corrected chi connectivity index (χ2v) is 6.25. The highest BCUT2D eigenvalue weighted by atomic mass is 35.5. The summed E-state index contributed by atoms with van der Waals surface area (Å²) < 4.78 is 10.8. The minimum atomic E-state index is -0.757. The third-order valence-corrected chi connectivity index (χ3v) is 4.17. The lowest BCUT2D eigenvalue weighted by Gasteiger charge is -2.41. The molecule has 1 fully saturated rings. The number of hydrogen-bond acceptors (Lipinski definition) is 4.